The zero-order valence-corrected chi connectivity index (χ0v) is 8.97. The molecule has 0 fully saturated rings. The molecule has 0 radical (unpaired) electrons. The van der Waals surface area contributed by atoms with Gasteiger partial charge in [-0.2, -0.15) is 0 Å². The normalized spacial score (nSPS) is 10.4. The summed E-state index contributed by atoms with van der Waals surface area (Å²) in [6.07, 6.45) is 0. The van der Waals surface area contributed by atoms with Crippen LogP contribution in [0.3, 0.4) is 0 Å². The summed E-state index contributed by atoms with van der Waals surface area (Å²) >= 11 is 0. The third-order valence-corrected chi connectivity index (χ3v) is 2.59. The number of hydrogen-bond donors (Lipinski definition) is 2. The van der Waals surface area contributed by atoms with Gasteiger partial charge in [0.15, 0.2) is 0 Å². The first kappa shape index (κ1) is 11.1. The molecule has 2 rings (SSSR count). The van der Waals surface area contributed by atoms with Crippen LogP contribution in [0.25, 0.3) is 10.9 Å². The predicted molar refractivity (Wildman–Crippen MR) is 60.4 cm³/mol. The highest BCUT2D eigenvalue weighted by molar-refractivity contribution is 5.97. The fourth-order valence-corrected chi connectivity index (χ4v) is 1.70. The Kier molecular flexibility index (Phi) is 2.51. The van der Waals surface area contributed by atoms with Crippen molar-refractivity contribution in [2.45, 2.75) is 6.92 Å². The quantitative estimate of drug-likeness (QED) is 0.824. The van der Waals surface area contributed by atoms with Gasteiger partial charge in [-0.1, -0.05) is 6.07 Å². The van der Waals surface area contributed by atoms with Crippen molar-refractivity contribution < 1.29 is 19.8 Å². The molecule has 2 N–H and O–H groups in total. The molecule has 17 heavy (non-hydrogen) atoms. The van der Waals surface area contributed by atoms with Gasteiger partial charge in [0.05, 0.1) is 11.1 Å². The maximum atomic E-state index is 10.9. The summed E-state index contributed by atoms with van der Waals surface area (Å²) in [6.45, 7) is 1.67. The highest BCUT2D eigenvalue weighted by Gasteiger charge is 2.12. The van der Waals surface area contributed by atoms with Crippen LogP contribution < -0.4 is 0 Å². The number of aromatic nitrogens is 1. The number of aromatic carboxylic acids is 2. The van der Waals surface area contributed by atoms with Gasteiger partial charge in [0.25, 0.3) is 0 Å². The number of carboxylic acids is 2. The molecule has 0 saturated carbocycles. The molecular formula is C12H9NO4. The molecule has 1 aromatic heterocycles. The van der Waals surface area contributed by atoms with Crippen LogP contribution in [0.1, 0.15) is 26.4 Å². The molecule has 0 aliphatic carbocycles. The van der Waals surface area contributed by atoms with Crippen molar-refractivity contribution in [3.8, 4) is 0 Å². The van der Waals surface area contributed by atoms with E-state index < -0.39 is 11.9 Å². The van der Waals surface area contributed by atoms with E-state index in [2.05, 4.69) is 4.98 Å². The number of fused-ring (bicyclic) bond motifs is 1. The Balaban J connectivity index is 2.72. The monoisotopic (exact) mass is 231 g/mol. The molecule has 0 aliphatic heterocycles. The van der Waals surface area contributed by atoms with Crippen molar-refractivity contribution in [1.29, 1.82) is 0 Å². The number of benzene rings is 1. The van der Waals surface area contributed by atoms with Crippen molar-refractivity contribution in [1.82, 2.24) is 4.98 Å². The Hall–Kier alpha value is -2.43. The third kappa shape index (κ3) is 1.82. The van der Waals surface area contributed by atoms with E-state index in [1.807, 2.05) is 0 Å². The van der Waals surface area contributed by atoms with Crippen LogP contribution in [-0.4, -0.2) is 27.1 Å². The highest BCUT2D eigenvalue weighted by Crippen LogP contribution is 2.21. The number of carboxylic acid groups (broad SMARTS) is 2. The van der Waals surface area contributed by atoms with Gasteiger partial charge in [0, 0.05) is 5.39 Å². The molecule has 0 bridgehead atoms. The van der Waals surface area contributed by atoms with Gasteiger partial charge >= 0.3 is 11.9 Å². The van der Waals surface area contributed by atoms with E-state index in [-0.39, 0.29) is 11.3 Å². The zero-order chi connectivity index (χ0) is 12.6. The molecule has 0 saturated heterocycles. The largest absolute Gasteiger partial charge is 0.478 e. The number of aryl methyl sites for hydroxylation is 1. The average molecular weight is 231 g/mol. The van der Waals surface area contributed by atoms with Crippen LogP contribution in [0.4, 0.5) is 0 Å². The van der Waals surface area contributed by atoms with Crippen molar-refractivity contribution in [2.75, 3.05) is 0 Å². The maximum absolute atomic E-state index is 10.9. The summed E-state index contributed by atoms with van der Waals surface area (Å²) in [4.78, 5) is 25.6. The van der Waals surface area contributed by atoms with E-state index in [0.29, 0.717) is 16.5 Å². The zero-order valence-electron chi connectivity index (χ0n) is 8.97. The first-order valence-electron chi connectivity index (χ1n) is 4.87. The Labute approximate surface area is 96.3 Å². The smallest absolute Gasteiger partial charge is 0.354 e. The second kappa shape index (κ2) is 3.86. The summed E-state index contributed by atoms with van der Waals surface area (Å²) in [5.41, 5.74) is 1.20. The van der Waals surface area contributed by atoms with E-state index in [9.17, 15) is 9.59 Å². The molecule has 86 valence electrons. The molecule has 0 amide bonds. The molecule has 0 aliphatic rings. The van der Waals surface area contributed by atoms with Gasteiger partial charge in [-0.05, 0) is 30.7 Å². The van der Waals surface area contributed by atoms with E-state index in [0.717, 1.165) is 0 Å². The molecule has 5 heteroatoms. The average Bonchev–Trinajstić information content (AvgIpc) is 2.28. The minimum Gasteiger partial charge on any atom is -0.478 e. The van der Waals surface area contributed by atoms with Gasteiger partial charge < -0.3 is 10.2 Å². The second-order valence-electron chi connectivity index (χ2n) is 3.61. The topological polar surface area (TPSA) is 87.5 Å². The Morgan fingerprint density at radius 1 is 1.06 bits per heavy atom. The predicted octanol–water partition coefficient (Wildman–Crippen LogP) is 1.94. The van der Waals surface area contributed by atoms with Gasteiger partial charge in [-0.25, -0.2) is 14.6 Å². The van der Waals surface area contributed by atoms with Crippen LogP contribution in [0, 0.1) is 6.92 Å². The maximum Gasteiger partial charge on any atom is 0.354 e. The standard InChI is InChI=1S/C12H9NO4/c1-6-7-2-5-10(12(16)17)13-9(7)4-3-8(6)11(14)15/h2-5H,1H3,(H,14,15)(H,16,17). The summed E-state index contributed by atoms with van der Waals surface area (Å²) in [5.74, 6) is -2.11. The Morgan fingerprint density at radius 2 is 1.76 bits per heavy atom. The lowest BCUT2D eigenvalue weighted by molar-refractivity contribution is 0.0682. The molecule has 1 aromatic carbocycles. The van der Waals surface area contributed by atoms with Crippen molar-refractivity contribution >= 4 is 22.8 Å². The van der Waals surface area contributed by atoms with Gasteiger partial charge in [-0.3, -0.25) is 0 Å². The first-order chi connectivity index (χ1) is 8.00. The fourth-order valence-electron chi connectivity index (χ4n) is 1.70. The van der Waals surface area contributed by atoms with Crippen LogP contribution in [-0.2, 0) is 0 Å². The SMILES string of the molecule is Cc1c(C(=O)O)ccc2nc(C(=O)O)ccc12. The fraction of sp³-hybridized carbons (Fsp3) is 0.0833. The summed E-state index contributed by atoms with van der Waals surface area (Å²) in [7, 11) is 0. The lowest BCUT2D eigenvalue weighted by Gasteiger charge is -2.05. The Morgan fingerprint density at radius 3 is 2.35 bits per heavy atom. The van der Waals surface area contributed by atoms with Crippen LogP contribution >= 0.6 is 0 Å². The number of nitrogens with zero attached hydrogens (tertiary/aromatic N) is 1. The minimum absolute atomic E-state index is 0.0556. The number of rotatable bonds is 2. The molecule has 2 aromatic rings. The first-order valence-corrected chi connectivity index (χ1v) is 4.87. The van der Waals surface area contributed by atoms with E-state index >= 15 is 0 Å². The molecule has 1 heterocycles. The molecule has 0 atom stereocenters. The summed E-state index contributed by atoms with van der Waals surface area (Å²) in [5, 5.41) is 18.4. The number of hydrogen-bond acceptors (Lipinski definition) is 3. The third-order valence-electron chi connectivity index (χ3n) is 2.59. The minimum atomic E-state index is -1.10. The van der Waals surface area contributed by atoms with E-state index in [1.165, 1.54) is 18.2 Å². The summed E-state index contributed by atoms with van der Waals surface area (Å²) in [6, 6.07) is 5.88. The van der Waals surface area contributed by atoms with E-state index in [1.54, 1.807) is 13.0 Å². The molecule has 0 spiro atoms. The van der Waals surface area contributed by atoms with Crippen molar-refractivity contribution in [3.63, 3.8) is 0 Å². The number of carbonyl (C=O) groups is 2. The van der Waals surface area contributed by atoms with Crippen molar-refractivity contribution in [2.24, 2.45) is 0 Å². The van der Waals surface area contributed by atoms with Gasteiger partial charge in [0.2, 0.25) is 0 Å². The van der Waals surface area contributed by atoms with Crippen molar-refractivity contribution in [3.05, 3.63) is 41.1 Å². The van der Waals surface area contributed by atoms with E-state index in [4.69, 9.17) is 10.2 Å². The second-order valence-corrected chi connectivity index (χ2v) is 3.61. The van der Waals surface area contributed by atoms with Gasteiger partial charge in [-0.15, -0.1) is 0 Å². The molecule has 0 unspecified atom stereocenters. The highest BCUT2D eigenvalue weighted by atomic mass is 16.4. The van der Waals surface area contributed by atoms with Crippen LogP contribution in [0.15, 0.2) is 24.3 Å². The van der Waals surface area contributed by atoms with Crippen LogP contribution in [0.5, 0.6) is 0 Å². The van der Waals surface area contributed by atoms with Gasteiger partial charge in [0.1, 0.15) is 5.69 Å². The number of pyridine rings is 1. The lowest BCUT2D eigenvalue weighted by Crippen LogP contribution is -2.03. The Bertz CT molecular complexity index is 634. The van der Waals surface area contributed by atoms with Crippen LogP contribution in [0.2, 0.25) is 0 Å². The molecular weight excluding hydrogens is 222 g/mol. The molecule has 5 nitrogen and oxygen atoms in total. The summed E-state index contributed by atoms with van der Waals surface area (Å²) < 4.78 is 0. The lowest BCUT2D eigenvalue weighted by atomic mass is 10.0.